The zero-order valence-corrected chi connectivity index (χ0v) is 8.45. The smallest absolute Gasteiger partial charge is 0.327 e. The van der Waals surface area contributed by atoms with Gasteiger partial charge in [-0.1, -0.05) is 18.2 Å². The van der Waals surface area contributed by atoms with E-state index < -0.39 is 12.0 Å². The summed E-state index contributed by atoms with van der Waals surface area (Å²) >= 11 is 0. The van der Waals surface area contributed by atoms with Crippen LogP contribution in [0.15, 0.2) is 24.3 Å². The monoisotopic (exact) mass is 217 g/mol. The van der Waals surface area contributed by atoms with Gasteiger partial charge in [0, 0.05) is 5.56 Å². The molecule has 0 aromatic heterocycles. The molecular weight excluding hydrogens is 206 g/mol. The summed E-state index contributed by atoms with van der Waals surface area (Å²) in [5.41, 5.74) is 5.89. The molecule has 1 aromatic carbocycles. The molecule has 1 atom stereocenters. The molecule has 14 heavy (non-hydrogen) atoms. The van der Waals surface area contributed by atoms with Crippen molar-refractivity contribution in [1.29, 1.82) is 0 Å². The van der Waals surface area contributed by atoms with Crippen LogP contribution in [0.5, 0.6) is 5.75 Å². The van der Waals surface area contributed by atoms with Crippen molar-refractivity contribution in [1.82, 2.24) is 0 Å². The van der Waals surface area contributed by atoms with Crippen LogP contribution in [0.2, 0.25) is 0 Å². The predicted octanol–water partition coefficient (Wildman–Crippen LogP) is 0.987. The lowest BCUT2D eigenvalue weighted by molar-refractivity contribution is -0.142. The highest BCUT2D eigenvalue weighted by Crippen LogP contribution is 2.22. The number of aromatic hydroxyl groups is 1. The van der Waals surface area contributed by atoms with Crippen molar-refractivity contribution in [3.63, 3.8) is 0 Å². The second kappa shape index (κ2) is 5.47. The summed E-state index contributed by atoms with van der Waals surface area (Å²) in [6.07, 6.45) is 0. The molecule has 0 bridgehead atoms. The lowest BCUT2D eigenvalue weighted by Gasteiger charge is -2.10. The summed E-state index contributed by atoms with van der Waals surface area (Å²) in [4.78, 5) is 11.0. The molecule has 0 saturated heterocycles. The van der Waals surface area contributed by atoms with E-state index in [-0.39, 0.29) is 18.2 Å². The molecule has 5 heteroatoms. The van der Waals surface area contributed by atoms with Crippen molar-refractivity contribution in [3.05, 3.63) is 29.8 Å². The molecule has 1 rings (SSSR count). The van der Waals surface area contributed by atoms with Crippen LogP contribution in [0.25, 0.3) is 0 Å². The number of nitrogens with two attached hydrogens (primary N) is 1. The van der Waals surface area contributed by atoms with Crippen LogP contribution in [0.3, 0.4) is 0 Å². The summed E-state index contributed by atoms with van der Waals surface area (Å²) in [6.45, 7) is 0. The molecule has 0 saturated carbocycles. The summed E-state index contributed by atoms with van der Waals surface area (Å²) in [7, 11) is 1.25. The van der Waals surface area contributed by atoms with E-state index >= 15 is 0 Å². The number of hydrogen-bond acceptors (Lipinski definition) is 4. The third-order valence-electron chi connectivity index (χ3n) is 1.73. The second-order valence-corrected chi connectivity index (χ2v) is 2.56. The molecule has 0 spiro atoms. The predicted molar refractivity (Wildman–Crippen MR) is 54.3 cm³/mol. The van der Waals surface area contributed by atoms with Crippen molar-refractivity contribution in [2.24, 2.45) is 5.73 Å². The number of rotatable bonds is 2. The van der Waals surface area contributed by atoms with Gasteiger partial charge in [-0.15, -0.1) is 12.4 Å². The standard InChI is InChI=1S/C9H11NO3.ClH/c1-13-9(12)8(10)6-4-2-3-5-7(6)11;/h2-5,8,11H,10H2,1H3;1H/t8-;/m0./s1. The number of para-hydroxylation sites is 1. The molecule has 3 N–H and O–H groups in total. The van der Waals surface area contributed by atoms with Gasteiger partial charge in [0.2, 0.25) is 0 Å². The maximum absolute atomic E-state index is 11.0. The van der Waals surface area contributed by atoms with E-state index in [1.165, 1.54) is 13.2 Å². The quantitative estimate of drug-likeness (QED) is 0.725. The molecule has 4 nitrogen and oxygen atoms in total. The first-order chi connectivity index (χ1) is 6.16. The van der Waals surface area contributed by atoms with Crippen LogP contribution in [-0.4, -0.2) is 18.2 Å². The maximum atomic E-state index is 11.0. The normalized spacial score (nSPS) is 11.3. The van der Waals surface area contributed by atoms with Gasteiger partial charge < -0.3 is 15.6 Å². The van der Waals surface area contributed by atoms with Crippen molar-refractivity contribution in [2.45, 2.75) is 6.04 Å². The Kier molecular flexibility index (Phi) is 4.97. The third kappa shape index (κ3) is 2.61. The van der Waals surface area contributed by atoms with E-state index in [2.05, 4.69) is 4.74 Å². The lowest BCUT2D eigenvalue weighted by atomic mass is 10.1. The van der Waals surface area contributed by atoms with Gasteiger partial charge in [0.1, 0.15) is 11.8 Å². The highest BCUT2D eigenvalue weighted by molar-refractivity contribution is 5.85. The fraction of sp³-hybridized carbons (Fsp3) is 0.222. The van der Waals surface area contributed by atoms with Crippen molar-refractivity contribution < 1.29 is 14.6 Å². The van der Waals surface area contributed by atoms with E-state index in [9.17, 15) is 9.90 Å². The Hall–Kier alpha value is -1.26. The number of hydrogen-bond donors (Lipinski definition) is 2. The van der Waals surface area contributed by atoms with Crippen molar-refractivity contribution in [2.75, 3.05) is 7.11 Å². The zero-order chi connectivity index (χ0) is 9.84. The SMILES string of the molecule is COC(=O)[C@@H](N)c1ccccc1O.Cl. The van der Waals surface area contributed by atoms with Crippen molar-refractivity contribution in [3.8, 4) is 5.75 Å². The van der Waals surface area contributed by atoms with E-state index in [0.29, 0.717) is 5.56 Å². The molecule has 1 aromatic rings. The average Bonchev–Trinajstić information content (AvgIpc) is 2.16. The molecule has 0 heterocycles. The number of carbonyl (C=O) groups is 1. The Labute approximate surface area is 88.1 Å². The Morgan fingerprint density at radius 1 is 1.50 bits per heavy atom. The first-order valence-electron chi connectivity index (χ1n) is 3.78. The molecule has 0 unspecified atom stereocenters. The first kappa shape index (κ1) is 12.7. The Balaban J connectivity index is 0.00000169. The molecule has 0 amide bonds. The molecule has 0 radical (unpaired) electrons. The number of phenolic OH excluding ortho intramolecular Hbond substituents is 1. The van der Waals surface area contributed by atoms with Crippen LogP contribution >= 0.6 is 12.4 Å². The second-order valence-electron chi connectivity index (χ2n) is 2.56. The Bertz CT molecular complexity index is 317. The third-order valence-corrected chi connectivity index (χ3v) is 1.73. The minimum atomic E-state index is -0.925. The van der Waals surface area contributed by atoms with E-state index in [0.717, 1.165) is 0 Å². The van der Waals surface area contributed by atoms with Gasteiger partial charge in [0.05, 0.1) is 7.11 Å². The number of carbonyl (C=O) groups excluding carboxylic acids is 1. The van der Waals surface area contributed by atoms with Crippen LogP contribution in [0.1, 0.15) is 11.6 Å². The number of benzene rings is 1. The fourth-order valence-corrected chi connectivity index (χ4v) is 1.00. The van der Waals surface area contributed by atoms with Crippen LogP contribution in [0.4, 0.5) is 0 Å². The van der Waals surface area contributed by atoms with Crippen molar-refractivity contribution >= 4 is 18.4 Å². The van der Waals surface area contributed by atoms with Gasteiger partial charge in [-0.2, -0.15) is 0 Å². The highest BCUT2D eigenvalue weighted by atomic mass is 35.5. The summed E-state index contributed by atoms with van der Waals surface area (Å²) in [5, 5.41) is 9.34. The summed E-state index contributed by atoms with van der Waals surface area (Å²) < 4.78 is 4.45. The van der Waals surface area contributed by atoms with Gasteiger partial charge >= 0.3 is 5.97 Å². The summed E-state index contributed by atoms with van der Waals surface area (Å²) in [6, 6.07) is 5.47. The van der Waals surface area contributed by atoms with Gasteiger partial charge in [0.15, 0.2) is 0 Å². The number of methoxy groups -OCH3 is 1. The van der Waals surface area contributed by atoms with E-state index in [1.54, 1.807) is 18.2 Å². The number of ether oxygens (including phenoxy) is 1. The zero-order valence-electron chi connectivity index (χ0n) is 7.64. The van der Waals surface area contributed by atoms with Crippen LogP contribution in [0, 0.1) is 0 Å². The molecule has 78 valence electrons. The number of halogens is 1. The number of phenols is 1. The minimum absolute atomic E-state index is 0. The van der Waals surface area contributed by atoms with Crippen LogP contribution < -0.4 is 5.73 Å². The molecule has 0 fully saturated rings. The largest absolute Gasteiger partial charge is 0.508 e. The molecule has 0 aliphatic heterocycles. The maximum Gasteiger partial charge on any atom is 0.327 e. The lowest BCUT2D eigenvalue weighted by Crippen LogP contribution is -2.22. The minimum Gasteiger partial charge on any atom is -0.508 e. The van der Waals surface area contributed by atoms with Gasteiger partial charge in [-0.3, -0.25) is 4.79 Å². The van der Waals surface area contributed by atoms with E-state index in [4.69, 9.17) is 5.73 Å². The Morgan fingerprint density at radius 3 is 2.57 bits per heavy atom. The highest BCUT2D eigenvalue weighted by Gasteiger charge is 2.18. The Morgan fingerprint density at radius 2 is 2.07 bits per heavy atom. The van der Waals surface area contributed by atoms with Gasteiger partial charge in [0.25, 0.3) is 0 Å². The molecule has 0 aliphatic carbocycles. The fourth-order valence-electron chi connectivity index (χ4n) is 1.00. The van der Waals surface area contributed by atoms with Crippen LogP contribution in [-0.2, 0) is 9.53 Å². The average molecular weight is 218 g/mol. The molecule has 0 aliphatic rings. The molecular formula is C9H12ClNO3. The summed E-state index contributed by atoms with van der Waals surface area (Å²) in [5.74, 6) is -0.568. The topological polar surface area (TPSA) is 72.5 Å². The number of esters is 1. The van der Waals surface area contributed by atoms with Gasteiger partial charge in [-0.05, 0) is 6.07 Å². The first-order valence-corrected chi connectivity index (χ1v) is 3.78. The van der Waals surface area contributed by atoms with Gasteiger partial charge in [-0.25, -0.2) is 0 Å². The van der Waals surface area contributed by atoms with E-state index in [1.807, 2.05) is 0 Å².